The van der Waals surface area contributed by atoms with Gasteiger partial charge in [0.1, 0.15) is 5.78 Å². The molecular formula is C13H25NO. The summed E-state index contributed by atoms with van der Waals surface area (Å²) in [4.78, 5) is 14.2. The minimum absolute atomic E-state index is 0.239. The molecule has 0 bridgehead atoms. The first-order valence-corrected chi connectivity index (χ1v) is 6.42. The molecule has 1 unspecified atom stereocenters. The van der Waals surface area contributed by atoms with Crippen LogP contribution in [0.5, 0.6) is 0 Å². The minimum atomic E-state index is 0.239. The van der Waals surface area contributed by atoms with E-state index in [1.54, 1.807) is 0 Å². The smallest absolute Gasteiger partial charge is 0.149 e. The van der Waals surface area contributed by atoms with Crippen LogP contribution in [0.4, 0.5) is 0 Å². The average Bonchev–Trinajstić information content (AvgIpc) is 3.00. The molecule has 0 aromatic heterocycles. The first-order valence-electron chi connectivity index (χ1n) is 6.42. The van der Waals surface area contributed by atoms with Gasteiger partial charge in [-0.3, -0.25) is 9.69 Å². The van der Waals surface area contributed by atoms with Gasteiger partial charge in [0.05, 0.1) is 6.54 Å². The monoisotopic (exact) mass is 211 g/mol. The lowest BCUT2D eigenvalue weighted by atomic mass is 10.0. The summed E-state index contributed by atoms with van der Waals surface area (Å²) in [6.07, 6.45) is 4.87. The number of hydrogen-bond acceptors (Lipinski definition) is 2. The van der Waals surface area contributed by atoms with E-state index in [1.807, 2.05) is 6.92 Å². The van der Waals surface area contributed by atoms with E-state index in [1.165, 1.54) is 12.8 Å². The maximum absolute atomic E-state index is 11.8. The van der Waals surface area contributed by atoms with E-state index in [-0.39, 0.29) is 5.92 Å². The van der Waals surface area contributed by atoms with Crippen molar-refractivity contribution in [2.24, 2.45) is 11.8 Å². The van der Waals surface area contributed by atoms with Crippen LogP contribution in [0.15, 0.2) is 0 Å². The summed E-state index contributed by atoms with van der Waals surface area (Å²) in [5.74, 6) is 1.55. The molecule has 0 aromatic carbocycles. The van der Waals surface area contributed by atoms with Crippen molar-refractivity contribution in [2.75, 3.05) is 19.6 Å². The van der Waals surface area contributed by atoms with Crippen molar-refractivity contribution in [3.05, 3.63) is 0 Å². The van der Waals surface area contributed by atoms with Crippen LogP contribution in [-0.4, -0.2) is 30.3 Å². The molecule has 0 heterocycles. The summed E-state index contributed by atoms with van der Waals surface area (Å²) >= 11 is 0. The van der Waals surface area contributed by atoms with Crippen LogP contribution in [0.3, 0.4) is 0 Å². The lowest BCUT2D eigenvalue weighted by Crippen LogP contribution is -2.34. The Morgan fingerprint density at radius 1 is 1.40 bits per heavy atom. The molecule has 1 aliphatic rings. The quantitative estimate of drug-likeness (QED) is 0.615. The molecule has 0 N–H and O–H groups in total. The maximum atomic E-state index is 11.8. The molecule has 2 nitrogen and oxygen atoms in total. The molecule has 88 valence electrons. The number of carbonyl (C=O) groups excluding carboxylic acids is 1. The number of nitrogens with zero attached hydrogens (tertiary/aromatic N) is 1. The third-order valence-electron chi connectivity index (χ3n) is 3.29. The van der Waals surface area contributed by atoms with E-state index in [0.717, 1.165) is 31.8 Å². The van der Waals surface area contributed by atoms with Crippen molar-refractivity contribution >= 4 is 5.78 Å². The summed E-state index contributed by atoms with van der Waals surface area (Å²) in [5, 5.41) is 0. The fraction of sp³-hybridized carbons (Fsp3) is 0.923. The van der Waals surface area contributed by atoms with Crippen LogP contribution in [0.1, 0.15) is 46.5 Å². The SMILES string of the molecule is CCCN(CC(=O)C(C)CC)CC1CC1. The van der Waals surface area contributed by atoms with Crippen LogP contribution in [0.2, 0.25) is 0 Å². The zero-order chi connectivity index (χ0) is 11.3. The van der Waals surface area contributed by atoms with Crippen molar-refractivity contribution in [1.82, 2.24) is 4.90 Å². The Bertz CT molecular complexity index is 199. The number of ketones is 1. The molecule has 1 aliphatic carbocycles. The van der Waals surface area contributed by atoms with Gasteiger partial charge in [-0.25, -0.2) is 0 Å². The molecule has 15 heavy (non-hydrogen) atoms. The van der Waals surface area contributed by atoms with Crippen molar-refractivity contribution in [3.63, 3.8) is 0 Å². The van der Waals surface area contributed by atoms with Gasteiger partial charge in [0.2, 0.25) is 0 Å². The molecule has 0 radical (unpaired) electrons. The normalized spacial score (nSPS) is 18.1. The zero-order valence-electron chi connectivity index (χ0n) is 10.5. The molecule has 1 rings (SSSR count). The van der Waals surface area contributed by atoms with E-state index in [4.69, 9.17) is 0 Å². The molecule has 0 saturated heterocycles. The second-order valence-electron chi connectivity index (χ2n) is 4.95. The maximum Gasteiger partial charge on any atom is 0.149 e. The van der Waals surface area contributed by atoms with Gasteiger partial charge in [-0.2, -0.15) is 0 Å². The molecule has 1 fully saturated rings. The Morgan fingerprint density at radius 3 is 2.53 bits per heavy atom. The largest absolute Gasteiger partial charge is 0.298 e. The lowest BCUT2D eigenvalue weighted by molar-refractivity contribution is -0.123. The summed E-state index contributed by atoms with van der Waals surface area (Å²) in [5.41, 5.74) is 0. The molecule has 0 aromatic rings. The highest BCUT2D eigenvalue weighted by atomic mass is 16.1. The highest BCUT2D eigenvalue weighted by Gasteiger charge is 2.25. The summed E-state index contributed by atoms with van der Waals surface area (Å²) in [6, 6.07) is 0. The van der Waals surface area contributed by atoms with Gasteiger partial charge >= 0.3 is 0 Å². The van der Waals surface area contributed by atoms with E-state index >= 15 is 0 Å². The Morgan fingerprint density at radius 2 is 2.07 bits per heavy atom. The second kappa shape index (κ2) is 6.26. The Hall–Kier alpha value is -0.370. The van der Waals surface area contributed by atoms with Gasteiger partial charge in [0.25, 0.3) is 0 Å². The fourth-order valence-corrected chi connectivity index (χ4v) is 1.82. The summed E-state index contributed by atoms with van der Waals surface area (Å²) in [6.45, 7) is 9.23. The van der Waals surface area contributed by atoms with E-state index < -0.39 is 0 Å². The van der Waals surface area contributed by atoms with Crippen LogP contribution in [0, 0.1) is 11.8 Å². The van der Waals surface area contributed by atoms with Crippen molar-refractivity contribution in [1.29, 1.82) is 0 Å². The average molecular weight is 211 g/mol. The van der Waals surface area contributed by atoms with Crippen LogP contribution >= 0.6 is 0 Å². The molecule has 0 amide bonds. The predicted octanol–water partition coefficient (Wildman–Crippen LogP) is 2.72. The van der Waals surface area contributed by atoms with Crippen molar-refractivity contribution in [2.45, 2.75) is 46.5 Å². The molecular weight excluding hydrogens is 186 g/mol. The van der Waals surface area contributed by atoms with Crippen LogP contribution < -0.4 is 0 Å². The zero-order valence-corrected chi connectivity index (χ0v) is 10.5. The Labute approximate surface area is 94.0 Å². The van der Waals surface area contributed by atoms with E-state index in [9.17, 15) is 4.79 Å². The molecule has 1 atom stereocenters. The number of Topliss-reactive ketones (excluding diaryl/α,β-unsaturated/α-hetero) is 1. The van der Waals surface area contributed by atoms with Gasteiger partial charge in [0, 0.05) is 12.5 Å². The molecule has 1 saturated carbocycles. The Kier molecular flexibility index (Phi) is 5.30. The van der Waals surface area contributed by atoms with Gasteiger partial charge in [-0.1, -0.05) is 20.8 Å². The van der Waals surface area contributed by atoms with Crippen LogP contribution in [0.25, 0.3) is 0 Å². The highest BCUT2D eigenvalue weighted by molar-refractivity contribution is 5.82. The first-order chi connectivity index (χ1) is 7.17. The van der Waals surface area contributed by atoms with Crippen molar-refractivity contribution in [3.8, 4) is 0 Å². The predicted molar refractivity (Wildman–Crippen MR) is 63.9 cm³/mol. The third kappa shape index (κ3) is 4.78. The second-order valence-corrected chi connectivity index (χ2v) is 4.95. The van der Waals surface area contributed by atoms with E-state index in [2.05, 4.69) is 18.7 Å². The number of hydrogen-bond donors (Lipinski definition) is 0. The number of carbonyl (C=O) groups is 1. The van der Waals surface area contributed by atoms with Gasteiger partial charge in [0.15, 0.2) is 0 Å². The first kappa shape index (κ1) is 12.7. The van der Waals surface area contributed by atoms with Gasteiger partial charge in [-0.05, 0) is 38.1 Å². The van der Waals surface area contributed by atoms with Gasteiger partial charge in [-0.15, -0.1) is 0 Å². The fourth-order valence-electron chi connectivity index (χ4n) is 1.82. The van der Waals surface area contributed by atoms with Crippen molar-refractivity contribution < 1.29 is 4.79 Å². The standard InChI is InChI=1S/C13H25NO/c1-4-8-14(9-12-6-7-12)10-13(15)11(3)5-2/h11-12H,4-10H2,1-3H3. The summed E-state index contributed by atoms with van der Waals surface area (Å²) < 4.78 is 0. The molecule has 0 aliphatic heterocycles. The van der Waals surface area contributed by atoms with E-state index in [0.29, 0.717) is 12.3 Å². The lowest BCUT2D eigenvalue weighted by Gasteiger charge is -2.22. The molecule has 2 heteroatoms. The van der Waals surface area contributed by atoms with Crippen LogP contribution in [-0.2, 0) is 4.79 Å². The number of rotatable bonds is 8. The third-order valence-corrected chi connectivity index (χ3v) is 3.29. The minimum Gasteiger partial charge on any atom is -0.298 e. The topological polar surface area (TPSA) is 20.3 Å². The van der Waals surface area contributed by atoms with Gasteiger partial charge < -0.3 is 0 Å². The molecule has 0 spiro atoms. The Balaban J connectivity index is 2.31. The summed E-state index contributed by atoms with van der Waals surface area (Å²) in [7, 11) is 0. The highest BCUT2D eigenvalue weighted by Crippen LogP contribution is 2.29.